The van der Waals surface area contributed by atoms with Crippen LogP contribution < -0.4 is 5.32 Å². The molecule has 0 radical (unpaired) electrons. The van der Waals surface area contributed by atoms with E-state index in [0.717, 1.165) is 6.07 Å². The Bertz CT molecular complexity index is 519. The molecule has 0 saturated heterocycles. The molecule has 0 saturated carbocycles. The predicted molar refractivity (Wildman–Crippen MR) is 72.5 cm³/mol. The Kier molecular flexibility index (Phi) is 4.60. The number of esters is 1. The zero-order chi connectivity index (χ0) is 15.5. The van der Waals surface area contributed by atoms with Gasteiger partial charge in [-0.25, -0.2) is 4.79 Å². The van der Waals surface area contributed by atoms with Crippen LogP contribution >= 0.6 is 0 Å². The van der Waals surface area contributed by atoms with E-state index in [0.29, 0.717) is 0 Å². The van der Waals surface area contributed by atoms with Crippen molar-refractivity contribution >= 4 is 11.9 Å². The summed E-state index contributed by atoms with van der Waals surface area (Å²) in [5.74, 6) is -1.71. The van der Waals surface area contributed by atoms with E-state index in [1.165, 1.54) is 19.1 Å². The molecule has 0 aliphatic carbocycles. The molecule has 0 spiro atoms. The van der Waals surface area contributed by atoms with Gasteiger partial charge in [-0.3, -0.25) is 4.79 Å². The number of aromatic hydroxyl groups is 2. The van der Waals surface area contributed by atoms with Gasteiger partial charge >= 0.3 is 5.97 Å². The molecule has 0 bridgehead atoms. The van der Waals surface area contributed by atoms with E-state index in [2.05, 4.69) is 5.32 Å². The molecule has 6 heteroatoms. The van der Waals surface area contributed by atoms with Crippen molar-refractivity contribution < 1.29 is 24.5 Å². The van der Waals surface area contributed by atoms with E-state index in [-0.39, 0.29) is 17.1 Å². The number of hydrogen-bond acceptors (Lipinski definition) is 5. The van der Waals surface area contributed by atoms with Gasteiger partial charge in [0.2, 0.25) is 0 Å². The van der Waals surface area contributed by atoms with Crippen molar-refractivity contribution in [2.45, 2.75) is 39.3 Å². The average molecular weight is 281 g/mol. The first-order valence-electron chi connectivity index (χ1n) is 6.16. The first-order chi connectivity index (χ1) is 9.10. The molecule has 1 rings (SSSR count). The van der Waals surface area contributed by atoms with Gasteiger partial charge in [0.15, 0.2) is 0 Å². The van der Waals surface area contributed by atoms with E-state index in [4.69, 9.17) is 9.84 Å². The lowest BCUT2D eigenvalue weighted by Gasteiger charge is -2.22. The molecule has 20 heavy (non-hydrogen) atoms. The number of nitrogens with one attached hydrogen (secondary N) is 1. The second-order valence-electron chi connectivity index (χ2n) is 5.43. The SMILES string of the molecule is C[C@H](NC(=O)c1ccc(O)cc1O)C(=O)OC(C)(C)C. The standard InChI is InChI=1S/C14H19NO5/c1-8(13(19)20-14(2,3)4)15-12(18)10-6-5-9(16)7-11(10)17/h5-8,16-17H,1-4H3,(H,15,18)/t8-/m0/s1. The van der Waals surface area contributed by atoms with Crippen LogP contribution in [0.2, 0.25) is 0 Å². The molecule has 1 atom stereocenters. The van der Waals surface area contributed by atoms with E-state index in [1.807, 2.05) is 0 Å². The fourth-order valence-corrected chi connectivity index (χ4v) is 1.44. The highest BCUT2D eigenvalue weighted by molar-refractivity contribution is 5.99. The number of rotatable bonds is 3. The zero-order valence-corrected chi connectivity index (χ0v) is 11.9. The van der Waals surface area contributed by atoms with Crippen LogP contribution in [0.5, 0.6) is 11.5 Å². The molecular weight excluding hydrogens is 262 g/mol. The van der Waals surface area contributed by atoms with E-state index < -0.39 is 23.5 Å². The Balaban J connectivity index is 2.73. The maximum Gasteiger partial charge on any atom is 0.328 e. The van der Waals surface area contributed by atoms with Crippen LogP contribution in [0.1, 0.15) is 38.1 Å². The summed E-state index contributed by atoms with van der Waals surface area (Å²) < 4.78 is 5.13. The number of carbonyl (C=O) groups is 2. The minimum atomic E-state index is -0.852. The lowest BCUT2D eigenvalue weighted by Crippen LogP contribution is -2.42. The topological polar surface area (TPSA) is 95.9 Å². The van der Waals surface area contributed by atoms with Crippen LogP contribution in [0.25, 0.3) is 0 Å². The molecule has 0 heterocycles. The number of carbonyl (C=O) groups excluding carboxylic acids is 2. The van der Waals surface area contributed by atoms with E-state index in [9.17, 15) is 14.7 Å². The summed E-state index contributed by atoms with van der Waals surface area (Å²) in [7, 11) is 0. The minimum absolute atomic E-state index is 0.0294. The maximum atomic E-state index is 11.9. The molecule has 1 amide bonds. The van der Waals surface area contributed by atoms with Crippen LogP contribution in [0.3, 0.4) is 0 Å². The number of hydrogen-bond donors (Lipinski definition) is 3. The summed E-state index contributed by atoms with van der Waals surface area (Å²) in [5, 5.41) is 21.1. The predicted octanol–water partition coefficient (Wildman–Crippen LogP) is 1.56. The Morgan fingerprint density at radius 3 is 2.35 bits per heavy atom. The molecule has 0 aromatic heterocycles. The smallest absolute Gasteiger partial charge is 0.328 e. The summed E-state index contributed by atoms with van der Waals surface area (Å²) in [6.07, 6.45) is 0. The third kappa shape index (κ3) is 4.46. The van der Waals surface area contributed by atoms with Gasteiger partial charge in [0.05, 0.1) is 5.56 Å². The summed E-state index contributed by atoms with van der Waals surface area (Å²) >= 11 is 0. The van der Waals surface area contributed by atoms with Crippen molar-refractivity contribution in [3.63, 3.8) is 0 Å². The first-order valence-corrected chi connectivity index (χ1v) is 6.16. The summed E-state index contributed by atoms with van der Waals surface area (Å²) in [6, 6.07) is 2.73. The third-order valence-corrected chi connectivity index (χ3v) is 2.33. The molecule has 3 N–H and O–H groups in total. The molecule has 0 fully saturated rings. The lowest BCUT2D eigenvalue weighted by atomic mass is 10.1. The van der Waals surface area contributed by atoms with Gasteiger partial charge in [0, 0.05) is 6.07 Å². The molecule has 0 aliphatic rings. The van der Waals surface area contributed by atoms with Crippen LogP contribution in [0.15, 0.2) is 18.2 Å². The van der Waals surface area contributed by atoms with Gasteiger partial charge in [-0.05, 0) is 39.8 Å². The van der Waals surface area contributed by atoms with Crippen molar-refractivity contribution in [3.8, 4) is 11.5 Å². The number of phenolic OH excluding ortho intramolecular Hbond substituents is 2. The Hall–Kier alpha value is -2.24. The summed E-state index contributed by atoms with van der Waals surface area (Å²) in [6.45, 7) is 6.67. The summed E-state index contributed by atoms with van der Waals surface area (Å²) in [4.78, 5) is 23.6. The van der Waals surface area contributed by atoms with Crippen molar-refractivity contribution in [1.29, 1.82) is 0 Å². The Morgan fingerprint density at radius 2 is 1.85 bits per heavy atom. The molecule has 110 valence electrons. The highest BCUT2D eigenvalue weighted by atomic mass is 16.6. The maximum absolute atomic E-state index is 11.9. The van der Waals surface area contributed by atoms with Crippen molar-refractivity contribution in [1.82, 2.24) is 5.32 Å². The number of amides is 1. The normalized spacial score (nSPS) is 12.6. The van der Waals surface area contributed by atoms with Crippen molar-refractivity contribution in [2.24, 2.45) is 0 Å². The van der Waals surface area contributed by atoms with Crippen molar-refractivity contribution in [3.05, 3.63) is 23.8 Å². The van der Waals surface area contributed by atoms with Gasteiger partial charge in [-0.1, -0.05) is 0 Å². The molecule has 6 nitrogen and oxygen atoms in total. The number of ether oxygens (including phenoxy) is 1. The molecule has 0 aliphatic heterocycles. The first kappa shape index (κ1) is 15.8. The van der Waals surface area contributed by atoms with Gasteiger partial charge in [-0.15, -0.1) is 0 Å². The third-order valence-electron chi connectivity index (χ3n) is 2.33. The van der Waals surface area contributed by atoms with Gasteiger partial charge in [0.25, 0.3) is 5.91 Å². The highest BCUT2D eigenvalue weighted by Crippen LogP contribution is 2.22. The molecular formula is C14H19NO5. The largest absolute Gasteiger partial charge is 0.508 e. The number of benzene rings is 1. The Labute approximate surface area is 117 Å². The van der Waals surface area contributed by atoms with Crippen LogP contribution in [-0.4, -0.2) is 33.7 Å². The molecule has 1 aromatic carbocycles. The highest BCUT2D eigenvalue weighted by Gasteiger charge is 2.24. The second kappa shape index (κ2) is 5.81. The minimum Gasteiger partial charge on any atom is -0.508 e. The van der Waals surface area contributed by atoms with E-state index >= 15 is 0 Å². The fraction of sp³-hybridized carbons (Fsp3) is 0.429. The summed E-state index contributed by atoms with van der Waals surface area (Å²) in [5.41, 5.74) is -0.672. The number of phenols is 2. The molecule has 1 aromatic rings. The van der Waals surface area contributed by atoms with Crippen molar-refractivity contribution in [2.75, 3.05) is 0 Å². The van der Waals surface area contributed by atoms with Gasteiger partial charge in [-0.2, -0.15) is 0 Å². The zero-order valence-electron chi connectivity index (χ0n) is 11.9. The monoisotopic (exact) mass is 281 g/mol. The Morgan fingerprint density at radius 1 is 1.25 bits per heavy atom. The van der Waals surface area contributed by atoms with Crippen LogP contribution in [0, 0.1) is 0 Å². The van der Waals surface area contributed by atoms with E-state index in [1.54, 1.807) is 20.8 Å². The average Bonchev–Trinajstić information content (AvgIpc) is 2.26. The quantitative estimate of drug-likeness (QED) is 0.731. The van der Waals surface area contributed by atoms with Crippen LogP contribution in [-0.2, 0) is 9.53 Å². The molecule has 0 unspecified atom stereocenters. The lowest BCUT2D eigenvalue weighted by molar-refractivity contribution is -0.156. The van der Waals surface area contributed by atoms with Crippen LogP contribution in [0.4, 0.5) is 0 Å². The van der Waals surface area contributed by atoms with Gasteiger partial charge in [0.1, 0.15) is 23.1 Å². The van der Waals surface area contributed by atoms with Gasteiger partial charge < -0.3 is 20.3 Å². The fourth-order valence-electron chi connectivity index (χ4n) is 1.44. The second-order valence-corrected chi connectivity index (χ2v) is 5.43.